The molecule has 1 aliphatic rings. The van der Waals surface area contributed by atoms with Crippen LogP contribution in [0.1, 0.15) is 32.6 Å². The van der Waals surface area contributed by atoms with E-state index in [4.69, 9.17) is 11.6 Å². The van der Waals surface area contributed by atoms with Gasteiger partial charge in [0.25, 0.3) is 0 Å². The molecule has 0 unspecified atom stereocenters. The van der Waals surface area contributed by atoms with E-state index >= 15 is 0 Å². The van der Waals surface area contributed by atoms with Crippen LogP contribution in [-0.2, 0) is 9.84 Å². The summed E-state index contributed by atoms with van der Waals surface area (Å²) in [5.74, 6) is 0.798. The van der Waals surface area contributed by atoms with Crippen molar-refractivity contribution in [3.8, 4) is 0 Å². The molecule has 1 aliphatic carbocycles. The molecule has 2 rings (SSSR count). The van der Waals surface area contributed by atoms with Gasteiger partial charge in [-0.05, 0) is 49.9 Å². The van der Waals surface area contributed by atoms with Crippen LogP contribution in [0.2, 0.25) is 0 Å². The molecule has 0 bridgehead atoms. The van der Waals surface area contributed by atoms with Crippen LogP contribution >= 0.6 is 11.6 Å². The molecule has 5 heteroatoms. The lowest BCUT2D eigenvalue weighted by Gasteiger charge is -2.39. The van der Waals surface area contributed by atoms with E-state index in [9.17, 15) is 8.42 Å². The first-order chi connectivity index (χ1) is 9.58. The minimum absolute atomic E-state index is 0.209. The molecule has 20 heavy (non-hydrogen) atoms. The van der Waals surface area contributed by atoms with Crippen molar-refractivity contribution in [2.24, 2.45) is 0 Å². The SMILES string of the molecule is CCCS(=O)(=O)c1ccc(N(CCCl)C2CCC2)cc1. The largest absolute Gasteiger partial charge is 0.367 e. The van der Waals surface area contributed by atoms with Crippen LogP contribution in [0, 0.1) is 0 Å². The predicted molar refractivity (Wildman–Crippen MR) is 84.5 cm³/mol. The molecule has 1 saturated carbocycles. The highest BCUT2D eigenvalue weighted by Crippen LogP contribution is 2.30. The molecule has 0 N–H and O–H groups in total. The number of hydrogen-bond acceptors (Lipinski definition) is 3. The minimum atomic E-state index is -3.12. The Morgan fingerprint density at radius 2 is 1.90 bits per heavy atom. The number of hydrogen-bond donors (Lipinski definition) is 0. The van der Waals surface area contributed by atoms with Crippen LogP contribution in [0.15, 0.2) is 29.2 Å². The van der Waals surface area contributed by atoms with Gasteiger partial charge >= 0.3 is 0 Å². The fraction of sp³-hybridized carbons (Fsp3) is 0.600. The molecule has 112 valence electrons. The van der Waals surface area contributed by atoms with Crippen molar-refractivity contribution in [3.63, 3.8) is 0 Å². The zero-order valence-electron chi connectivity index (χ0n) is 11.9. The highest BCUT2D eigenvalue weighted by molar-refractivity contribution is 7.91. The Bertz CT molecular complexity index is 523. The highest BCUT2D eigenvalue weighted by atomic mass is 35.5. The molecule has 3 nitrogen and oxygen atoms in total. The number of rotatable bonds is 7. The van der Waals surface area contributed by atoms with Gasteiger partial charge < -0.3 is 4.90 Å². The molecule has 1 fully saturated rings. The molecule has 0 heterocycles. The molecule has 0 aliphatic heterocycles. The Kier molecular flexibility index (Phi) is 5.33. The first kappa shape index (κ1) is 15.6. The summed E-state index contributed by atoms with van der Waals surface area (Å²) in [4.78, 5) is 2.72. The van der Waals surface area contributed by atoms with E-state index in [-0.39, 0.29) is 5.75 Å². The van der Waals surface area contributed by atoms with E-state index in [1.807, 2.05) is 19.1 Å². The third kappa shape index (κ3) is 3.47. The maximum absolute atomic E-state index is 12.0. The minimum Gasteiger partial charge on any atom is -0.367 e. The molecule has 0 spiro atoms. The van der Waals surface area contributed by atoms with Crippen molar-refractivity contribution in [2.45, 2.75) is 43.5 Å². The molecule has 0 amide bonds. The van der Waals surface area contributed by atoms with E-state index in [1.54, 1.807) is 12.1 Å². The lowest BCUT2D eigenvalue weighted by molar-refractivity contribution is 0.390. The Hall–Kier alpha value is -0.740. The predicted octanol–water partition coefficient (Wildman–Crippen LogP) is 3.47. The van der Waals surface area contributed by atoms with Gasteiger partial charge in [0.15, 0.2) is 9.84 Å². The van der Waals surface area contributed by atoms with Gasteiger partial charge in [-0.1, -0.05) is 6.92 Å². The van der Waals surface area contributed by atoms with Crippen molar-refractivity contribution < 1.29 is 8.42 Å². The van der Waals surface area contributed by atoms with Gasteiger partial charge in [0, 0.05) is 24.2 Å². The normalized spacial score (nSPS) is 15.9. The summed E-state index contributed by atoms with van der Waals surface area (Å²) in [5, 5.41) is 0. The molecule has 0 aromatic heterocycles. The van der Waals surface area contributed by atoms with E-state index in [1.165, 1.54) is 19.3 Å². The van der Waals surface area contributed by atoms with Crippen LogP contribution in [0.5, 0.6) is 0 Å². The average Bonchev–Trinajstić information content (AvgIpc) is 2.36. The maximum atomic E-state index is 12.0. The third-order valence-electron chi connectivity index (χ3n) is 3.84. The smallest absolute Gasteiger partial charge is 0.178 e. The number of sulfone groups is 1. The Labute approximate surface area is 126 Å². The van der Waals surface area contributed by atoms with E-state index in [0.29, 0.717) is 23.2 Å². The lowest BCUT2D eigenvalue weighted by Crippen LogP contribution is -2.41. The number of nitrogens with zero attached hydrogens (tertiary/aromatic N) is 1. The zero-order valence-corrected chi connectivity index (χ0v) is 13.5. The third-order valence-corrected chi connectivity index (χ3v) is 5.95. The maximum Gasteiger partial charge on any atom is 0.178 e. The summed E-state index contributed by atoms with van der Waals surface area (Å²) in [6.07, 6.45) is 4.32. The highest BCUT2D eigenvalue weighted by Gasteiger charge is 2.25. The number of alkyl halides is 1. The van der Waals surface area contributed by atoms with Crippen molar-refractivity contribution >= 4 is 27.1 Å². The number of benzene rings is 1. The standard InChI is InChI=1S/C15H22ClNO2S/c1-2-12-20(18,19)15-8-6-14(7-9-15)17(11-10-16)13-4-3-5-13/h6-9,13H,2-5,10-12H2,1H3. The van der Waals surface area contributed by atoms with Crippen LogP contribution < -0.4 is 4.90 Å². The monoisotopic (exact) mass is 315 g/mol. The Balaban J connectivity index is 2.17. The Morgan fingerprint density at radius 1 is 1.25 bits per heavy atom. The van der Waals surface area contributed by atoms with Crippen molar-refractivity contribution in [2.75, 3.05) is 23.1 Å². The second-order valence-corrected chi connectivity index (χ2v) is 7.77. The second kappa shape index (κ2) is 6.81. The first-order valence-corrected chi connectivity index (χ1v) is 9.42. The van der Waals surface area contributed by atoms with Gasteiger partial charge in [-0.3, -0.25) is 0 Å². The fourth-order valence-electron chi connectivity index (χ4n) is 2.54. The quantitative estimate of drug-likeness (QED) is 0.723. The summed E-state index contributed by atoms with van der Waals surface area (Å²) in [7, 11) is -3.12. The van der Waals surface area contributed by atoms with E-state index in [2.05, 4.69) is 4.90 Å². The fourth-order valence-corrected chi connectivity index (χ4v) is 4.05. The molecule has 1 aromatic rings. The summed E-state index contributed by atoms with van der Waals surface area (Å²) in [5.41, 5.74) is 1.07. The number of halogens is 1. The van der Waals surface area contributed by atoms with Gasteiger partial charge in [-0.25, -0.2) is 8.42 Å². The van der Waals surface area contributed by atoms with Gasteiger partial charge in [0.05, 0.1) is 10.6 Å². The van der Waals surface area contributed by atoms with Gasteiger partial charge in [-0.15, -0.1) is 11.6 Å². The summed E-state index contributed by atoms with van der Waals surface area (Å²) < 4.78 is 24.0. The molecule has 0 atom stereocenters. The van der Waals surface area contributed by atoms with Gasteiger partial charge in [0.2, 0.25) is 0 Å². The molecule has 0 saturated heterocycles. The van der Waals surface area contributed by atoms with Crippen LogP contribution in [0.4, 0.5) is 5.69 Å². The molecule has 1 aromatic carbocycles. The first-order valence-electron chi connectivity index (χ1n) is 7.24. The van der Waals surface area contributed by atoms with Crippen molar-refractivity contribution in [3.05, 3.63) is 24.3 Å². The van der Waals surface area contributed by atoms with Crippen molar-refractivity contribution in [1.82, 2.24) is 0 Å². The summed E-state index contributed by atoms with van der Waals surface area (Å²) in [6, 6.07) is 7.83. The lowest BCUT2D eigenvalue weighted by atomic mass is 9.91. The Morgan fingerprint density at radius 3 is 2.35 bits per heavy atom. The summed E-state index contributed by atoms with van der Waals surface area (Å²) in [6.45, 7) is 2.69. The molecular formula is C15H22ClNO2S. The van der Waals surface area contributed by atoms with Gasteiger partial charge in [0.1, 0.15) is 0 Å². The number of anilines is 1. The topological polar surface area (TPSA) is 37.4 Å². The van der Waals surface area contributed by atoms with Gasteiger partial charge in [-0.2, -0.15) is 0 Å². The second-order valence-electron chi connectivity index (χ2n) is 5.28. The van der Waals surface area contributed by atoms with Crippen LogP contribution in [-0.4, -0.2) is 32.6 Å². The molecular weight excluding hydrogens is 294 g/mol. The summed E-state index contributed by atoms with van der Waals surface area (Å²) >= 11 is 5.88. The van der Waals surface area contributed by atoms with E-state index < -0.39 is 9.84 Å². The average molecular weight is 316 g/mol. The zero-order chi connectivity index (χ0) is 14.6. The van der Waals surface area contributed by atoms with Crippen molar-refractivity contribution in [1.29, 1.82) is 0 Å². The van der Waals surface area contributed by atoms with Crippen LogP contribution in [0.25, 0.3) is 0 Å². The van der Waals surface area contributed by atoms with E-state index in [0.717, 1.165) is 12.2 Å². The van der Waals surface area contributed by atoms with Crippen LogP contribution in [0.3, 0.4) is 0 Å². The molecule has 0 radical (unpaired) electrons.